The number of nitrogens with one attached hydrogen (secondary N) is 1. The number of carbonyl (C=O) groups excluding carboxylic acids is 1. The van der Waals surface area contributed by atoms with Crippen molar-refractivity contribution in [2.75, 3.05) is 21.3 Å². The maximum Gasteiger partial charge on any atom is 0.251 e. The smallest absolute Gasteiger partial charge is 0.251 e. The maximum atomic E-state index is 12.5. The minimum atomic E-state index is -0.189. The van der Waals surface area contributed by atoms with Crippen molar-refractivity contribution >= 4 is 17.2 Å². The molecular weight excluding hydrogens is 404 g/mol. The monoisotopic (exact) mass is 428 g/mol. The van der Waals surface area contributed by atoms with E-state index in [-0.39, 0.29) is 5.91 Å². The van der Waals surface area contributed by atoms with Crippen LogP contribution in [0, 0.1) is 6.92 Å². The van der Waals surface area contributed by atoms with Gasteiger partial charge >= 0.3 is 0 Å². The van der Waals surface area contributed by atoms with Crippen molar-refractivity contribution in [2.24, 2.45) is 0 Å². The fourth-order valence-electron chi connectivity index (χ4n) is 2.86. The van der Waals surface area contributed by atoms with E-state index in [2.05, 4.69) is 10.3 Å². The van der Waals surface area contributed by atoms with Gasteiger partial charge in [0.25, 0.3) is 5.91 Å². The molecule has 0 bridgehead atoms. The fourth-order valence-corrected chi connectivity index (χ4v) is 3.45. The Hall–Kier alpha value is -3.26. The van der Waals surface area contributed by atoms with Crippen LogP contribution in [0.3, 0.4) is 0 Å². The molecule has 2 aromatic carbocycles. The highest BCUT2D eigenvalue weighted by atomic mass is 32.1. The Morgan fingerprint density at radius 3 is 2.23 bits per heavy atom. The molecule has 3 aromatic rings. The number of thiazole rings is 1. The van der Waals surface area contributed by atoms with Crippen LogP contribution < -0.4 is 24.3 Å². The average molecular weight is 429 g/mol. The van der Waals surface area contributed by atoms with Crippen LogP contribution in [0.5, 0.6) is 23.0 Å². The van der Waals surface area contributed by atoms with Gasteiger partial charge in [0, 0.05) is 17.5 Å². The van der Waals surface area contributed by atoms with Gasteiger partial charge in [0.2, 0.25) is 5.75 Å². The number of aromatic nitrogens is 1. The van der Waals surface area contributed by atoms with Gasteiger partial charge in [-0.3, -0.25) is 4.79 Å². The van der Waals surface area contributed by atoms with Crippen molar-refractivity contribution in [1.82, 2.24) is 10.3 Å². The minimum Gasteiger partial charge on any atom is -0.493 e. The van der Waals surface area contributed by atoms with Crippen LogP contribution in [0.25, 0.3) is 0 Å². The third-order valence-corrected chi connectivity index (χ3v) is 5.17. The van der Waals surface area contributed by atoms with E-state index < -0.39 is 0 Å². The van der Waals surface area contributed by atoms with E-state index >= 15 is 0 Å². The lowest BCUT2D eigenvalue weighted by Crippen LogP contribution is -2.22. The summed E-state index contributed by atoms with van der Waals surface area (Å²) < 4.78 is 21.7. The lowest BCUT2D eigenvalue weighted by Gasteiger charge is -2.14. The Balaban J connectivity index is 1.59. The highest BCUT2D eigenvalue weighted by Crippen LogP contribution is 2.38. The van der Waals surface area contributed by atoms with Crippen molar-refractivity contribution in [1.29, 1.82) is 0 Å². The number of aryl methyl sites for hydroxylation is 1. The summed E-state index contributed by atoms with van der Waals surface area (Å²) in [6.45, 7) is 2.67. The van der Waals surface area contributed by atoms with Crippen LogP contribution in [0.15, 0.2) is 41.8 Å². The summed E-state index contributed by atoms with van der Waals surface area (Å²) in [6, 6.07) is 10.6. The average Bonchev–Trinajstić information content (AvgIpc) is 3.20. The van der Waals surface area contributed by atoms with Crippen molar-refractivity contribution in [3.05, 3.63) is 63.6 Å². The molecule has 0 saturated carbocycles. The van der Waals surface area contributed by atoms with E-state index in [1.54, 1.807) is 69.1 Å². The second kappa shape index (κ2) is 9.98. The molecular formula is C22H24N2O5S. The Morgan fingerprint density at radius 1 is 1.03 bits per heavy atom. The second-order valence-electron chi connectivity index (χ2n) is 6.39. The lowest BCUT2D eigenvalue weighted by molar-refractivity contribution is 0.0950. The quantitative estimate of drug-likeness (QED) is 0.555. The second-order valence-corrected chi connectivity index (χ2v) is 7.45. The standard InChI is InChI=1S/C22H24N2O5S/c1-14-24-17(13-30-14)12-29-18-7-5-16(6-8-18)22(25)23-11-15-9-19(26-2)21(28-4)20(10-15)27-3/h5-10,13H,11-12H2,1-4H3,(H,23,25). The molecule has 8 heteroatoms. The number of amides is 1. The lowest BCUT2D eigenvalue weighted by atomic mass is 10.1. The largest absolute Gasteiger partial charge is 0.493 e. The zero-order valence-corrected chi connectivity index (χ0v) is 18.2. The molecule has 0 fully saturated rings. The first kappa shape index (κ1) is 21.4. The first-order valence-electron chi connectivity index (χ1n) is 9.25. The maximum absolute atomic E-state index is 12.5. The minimum absolute atomic E-state index is 0.189. The van der Waals surface area contributed by atoms with Crippen molar-refractivity contribution in [2.45, 2.75) is 20.1 Å². The van der Waals surface area contributed by atoms with Crippen molar-refractivity contribution in [3.8, 4) is 23.0 Å². The van der Waals surface area contributed by atoms with Gasteiger partial charge in [-0.2, -0.15) is 0 Å². The molecule has 3 rings (SSSR count). The number of methoxy groups -OCH3 is 3. The van der Waals surface area contributed by atoms with Gasteiger partial charge in [-0.15, -0.1) is 11.3 Å². The number of benzene rings is 2. The van der Waals surface area contributed by atoms with E-state index in [1.807, 2.05) is 12.3 Å². The van der Waals surface area contributed by atoms with E-state index in [9.17, 15) is 4.79 Å². The van der Waals surface area contributed by atoms with Crippen LogP contribution in [-0.2, 0) is 13.2 Å². The van der Waals surface area contributed by atoms with E-state index in [4.69, 9.17) is 18.9 Å². The van der Waals surface area contributed by atoms with Crippen LogP contribution in [0.1, 0.15) is 26.6 Å². The Bertz CT molecular complexity index is 976. The predicted molar refractivity (Wildman–Crippen MR) is 115 cm³/mol. The Labute approximate surface area is 179 Å². The van der Waals surface area contributed by atoms with Gasteiger partial charge < -0.3 is 24.3 Å². The molecule has 30 heavy (non-hydrogen) atoms. The molecule has 0 aliphatic heterocycles. The van der Waals surface area contributed by atoms with Crippen LogP contribution >= 0.6 is 11.3 Å². The molecule has 158 valence electrons. The summed E-state index contributed by atoms with van der Waals surface area (Å²) in [5.41, 5.74) is 2.26. The zero-order valence-electron chi connectivity index (χ0n) is 17.4. The molecule has 1 heterocycles. The summed E-state index contributed by atoms with van der Waals surface area (Å²) >= 11 is 1.59. The molecule has 1 N–H and O–H groups in total. The number of hydrogen-bond donors (Lipinski definition) is 1. The van der Waals surface area contributed by atoms with E-state index in [0.717, 1.165) is 16.3 Å². The van der Waals surface area contributed by atoms with Gasteiger partial charge in [-0.1, -0.05) is 0 Å². The van der Waals surface area contributed by atoms with Crippen LogP contribution in [0.2, 0.25) is 0 Å². The van der Waals surface area contributed by atoms with Crippen LogP contribution in [0.4, 0.5) is 0 Å². The normalized spacial score (nSPS) is 10.4. The van der Waals surface area contributed by atoms with Crippen molar-refractivity contribution < 1.29 is 23.7 Å². The van der Waals surface area contributed by atoms with Gasteiger partial charge in [0.15, 0.2) is 11.5 Å². The molecule has 0 unspecified atom stereocenters. The third kappa shape index (κ3) is 5.21. The molecule has 0 spiro atoms. The highest BCUT2D eigenvalue weighted by molar-refractivity contribution is 7.09. The Morgan fingerprint density at radius 2 is 1.70 bits per heavy atom. The SMILES string of the molecule is COc1cc(CNC(=O)c2ccc(OCc3csc(C)n3)cc2)cc(OC)c1OC. The molecule has 1 amide bonds. The molecule has 0 aliphatic carbocycles. The van der Waals surface area contributed by atoms with Gasteiger partial charge in [0.05, 0.1) is 32.0 Å². The molecule has 0 atom stereocenters. The highest BCUT2D eigenvalue weighted by Gasteiger charge is 2.14. The zero-order chi connectivity index (χ0) is 21.5. The van der Waals surface area contributed by atoms with Crippen LogP contribution in [-0.4, -0.2) is 32.2 Å². The molecule has 0 radical (unpaired) electrons. The topological polar surface area (TPSA) is 78.9 Å². The van der Waals surface area contributed by atoms with Crippen molar-refractivity contribution in [3.63, 3.8) is 0 Å². The van der Waals surface area contributed by atoms with Gasteiger partial charge in [0.1, 0.15) is 12.4 Å². The molecule has 0 saturated heterocycles. The fraction of sp³-hybridized carbons (Fsp3) is 0.273. The number of carbonyl (C=O) groups is 1. The first-order chi connectivity index (χ1) is 14.5. The molecule has 7 nitrogen and oxygen atoms in total. The molecule has 1 aromatic heterocycles. The van der Waals surface area contributed by atoms with Gasteiger partial charge in [-0.25, -0.2) is 4.98 Å². The van der Waals surface area contributed by atoms with Gasteiger partial charge in [-0.05, 0) is 48.9 Å². The van der Waals surface area contributed by atoms with E-state index in [0.29, 0.717) is 41.7 Å². The first-order valence-corrected chi connectivity index (χ1v) is 10.1. The number of nitrogens with zero attached hydrogens (tertiary/aromatic N) is 1. The summed E-state index contributed by atoms with van der Waals surface area (Å²) in [5, 5.41) is 5.87. The number of rotatable bonds is 9. The number of ether oxygens (including phenoxy) is 4. The Kier molecular flexibility index (Phi) is 7.13. The summed E-state index contributed by atoms with van der Waals surface area (Å²) in [4.78, 5) is 16.9. The third-order valence-electron chi connectivity index (χ3n) is 4.35. The summed E-state index contributed by atoms with van der Waals surface area (Å²) in [5.74, 6) is 2.08. The predicted octanol–water partition coefficient (Wildman–Crippen LogP) is 3.99. The number of hydrogen-bond acceptors (Lipinski definition) is 7. The summed E-state index contributed by atoms with van der Waals surface area (Å²) in [6.07, 6.45) is 0. The molecule has 0 aliphatic rings. The summed E-state index contributed by atoms with van der Waals surface area (Å²) in [7, 11) is 4.66. The van der Waals surface area contributed by atoms with E-state index in [1.165, 1.54) is 0 Å².